The van der Waals surface area contributed by atoms with Crippen LogP contribution in [0, 0.1) is 0 Å². The molecule has 29 heavy (non-hydrogen) atoms. The summed E-state index contributed by atoms with van der Waals surface area (Å²) in [7, 11) is 0. The highest BCUT2D eigenvalue weighted by Crippen LogP contribution is 2.29. The Morgan fingerprint density at radius 3 is 1.55 bits per heavy atom. The lowest BCUT2D eigenvalue weighted by molar-refractivity contribution is 0.107. The molecule has 0 spiro atoms. The largest absolute Gasteiger partial charge is 0.301 e. The van der Waals surface area contributed by atoms with Crippen molar-refractivity contribution in [3.05, 3.63) is 108 Å². The zero-order chi connectivity index (χ0) is 19.9. The van der Waals surface area contributed by atoms with E-state index in [1.165, 1.54) is 29.7 Å². The fourth-order valence-corrected chi connectivity index (χ4v) is 4.45. The van der Waals surface area contributed by atoms with Crippen LogP contribution >= 0.6 is 0 Å². The van der Waals surface area contributed by atoms with Gasteiger partial charge in [0.1, 0.15) is 0 Å². The predicted octanol–water partition coefficient (Wildman–Crippen LogP) is 5.59. The molecule has 150 valence electrons. The molecule has 4 rings (SSSR count). The normalized spacial score (nSPS) is 16.8. The van der Waals surface area contributed by atoms with E-state index in [0.29, 0.717) is 12.0 Å². The van der Waals surface area contributed by atoms with E-state index in [-0.39, 0.29) is 0 Å². The third-order valence-electron chi connectivity index (χ3n) is 6.25. The molecular weight excluding hydrogens is 352 g/mol. The minimum Gasteiger partial charge on any atom is -0.301 e. The highest BCUT2D eigenvalue weighted by molar-refractivity contribution is 5.32. The third kappa shape index (κ3) is 5.14. The zero-order valence-electron chi connectivity index (χ0n) is 17.5. The second-order valence-corrected chi connectivity index (χ2v) is 8.20. The van der Waals surface area contributed by atoms with E-state index in [4.69, 9.17) is 0 Å². The van der Waals surface area contributed by atoms with Gasteiger partial charge in [0.25, 0.3) is 0 Å². The van der Waals surface area contributed by atoms with E-state index < -0.39 is 0 Å². The van der Waals surface area contributed by atoms with Crippen molar-refractivity contribution < 1.29 is 0 Å². The van der Waals surface area contributed by atoms with Gasteiger partial charge in [0.15, 0.2) is 0 Å². The van der Waals surface area contributed by atoms with Crippen molar-refractivity contribution in [2.24, 2.45) is 0 Å². The van der Waals surface area contributed by atoms with Gasteiger partial charge in [-0.1, -0.05) is 97.9 Å². The van der Waals surface area contributed by atoms with Crippen LogP contribution < -0.4 is 0 Å². The third-order valence-corrected chi connectivity index (χ3v) is 6.25. The second-order valence-electron chi connectivity index (χ2n) is 8.20. The first-order chi connectivity index (χ1) is 14.3. The van der Waals surface area contributed by atoms with Crippen molar-refractivity contribution in [3.63, 3.8) is 0 Å². The monoisotopic (exact) mass is 384 g/mol. The molecule has 0 N–H and O–H groups in total. The topological polar surface area (TPSA) is 6.48 Å². The van der Waals surface area contributed by atoms with Crippen LogP contribution in [-0.4, -0.2) is 42.5 Å². The van der Waals surface area contributed by atoms with E-state index in [1.54, 1.807) is 0 Å². The van der Waals surface area contributed by atoms with Crippen LogP contribution in [0.5, 0.6) is 0 Å². The maximum absolute atomic E-state index is 2.65. The van der Waals surface area contributed by atoms with Gasteiger partial charge in [-0.25, -0.2) is 0 Å². The van der Waals surface area contributed by atoms with E-state index in [9.17, 15) is 0 Å². The molecular formula is C27H32N2. The smallest absolute Gasteiger partial charge is 0.0602 e. The van der Waals surface area contributed by atoms with Crippen LogP contribution in [0.3, 0.4) is 0 Å². The highest BCUT2D eigenvalue weighted by Gasteiger charge is 2.26. The first-order valence-corrected chi connectivity index (χ1v) is 10.9. The Hall–Kier alpha value is -2.42. The summed E-state index contributed by atoms with van der Waals surface area (Å²) in [6.45, 7) is 8.08. The van der Waals surface area contributed by atoms with Crippen LogP contribution in [0.4, 0.5) is 0 Å². The molecule has 0 aliphatic carbocycles. The van der Waals surface area contributed by atoms with E-state index in [2.05, 4.69) is 108 Å². The fraction of sp³-hybridized carbons (Fsp3) is 0.333. The van der Waals surface area contributed by atoms with Crippen molar-refractivity contribution in [1.29, 1.82) is 0 Å². The average molecular weight is 385 g/mol. The van der Waals surface area contributed by atoms with Crippen LogP contribution in [-0.2, 0) is 0 Å². The summed E-state index contributed by atoms with van der Waals surface area (Å²) in [6.07, 6.45) is 1.23. The SMILES string of the molecule is C[C@H](CCN1CCN(C(c2ccccc2)c2ccccc2)CC1)c1ccccc1. The van der Waals surface area contributed by atoms with Crippen molar-refractivity contribution in [3.8, 4) is 0 Å². The lowest BCUT2D eigenvalue weighted by Crippen LogP contribution is -2.48. The summed E-state index contributed by atoms with van der Waals surface area (Å²) in [5.74, 6) is 0.621. The Bertz CT molecular complexity index is 800. The number of benzene rings is 3. The van der Waals surface area contributed by atoms with Gasteiger partial charge in [0.2, 0.25) is 0 Å². The number of hydrogen-bond acceptors (Lipinski definition) is 2. The van der Waals surface area contributed by atoms with Gasteiger partial charge in [-0.3, -0.25) is 4.90 Å². The molecule has 1 atom stereocenters. The van der Waals surface area contributed by atoms with Gasteiger partial charge < -0.3 is 4.90 Å². The van der Waals surface area contributed by atoms with Crippen LogP contribution in [0.2, 0.25) is 0 Å². The Balaban J connectivity index is 1.37. The molecule has 2 nitrogen and oxygen atoms in total. The molecule has 3 aromatic rings. The molecule has 0 radical (unpaired) electrons. The van der Waals surface area contributed by atoms with E-state index in [1.807, 2.05) is 0 Å². The first kappa shape index (κ1) is 19.9. The maximum Gasteiger partial charge on any atom is 0.0602 e. The molecule has 0 saturated carbocycles. The van der Waals surface area contributed by atoms with Crippen LogP contribution in [0.1, 0.15) is 42.0 Å². The molecule has 1 aliphatic rings. The summed E-state index contributed by atoms with van der Waals surface area (Å²) in [6, 6.07) is 33.2. The van der Waals surface area contributed by atoms with Gasteiger partial charge in [-0.15, -0.1) is 0 Å². The Kier molecular flexibility index (Phi) is 6.76. The predicted molar refractivity (Wildman–Crippen MR) is 122 cm³/mol. The fourth-order valence-electron chi connectivity index (χ4n) is 4.45. The highest BCUT2D eigenvalue weighted by atomic mass is 15.3. The Morgan fingerprint density at radius 1 is 0.621 bits per heavy atom. The molecule has 1 saturated heterocycles. The summed E-state index contributed by atoms with van der Waals surface area (Å²) in [5, 5.41) is 0. The Labute approximate surface area is 175 Å². The minimum absolute atomic E-state index is 0.350. The quantitative estimate of drug-likeness (QED) is 0.524. The minimum atomic E-state index is 0.350. The number of nitrogens with zero attached hydrogens (tertiary/aromatic N) is 2. The summed E-state index contributed by atoms with van der Waals surface area (Å²) < 4.78 is 0. The molecule has 0 aromatic heterocycles. The standard InChI is InChI=1S/C27H32N2/c1-23(24-11-5-2-6-12-24)17-18-28-19-21-29(22-20-28)27(25-13-7-3-8-14-25)26-15-9-4-10-16-26/h2-16,23,27H,17-22H2,1H3/t23-/m1/s1. The lowest BCUT2D eigenvalue weighted by atomic mass is 9.96. The van der Waals surface area contributed by atoms with Crippen LogP contribution in [0.15, 0.2) is 91.0 Å². The van der Waals surface area contributed by atoms with E-state index >= 15 is 0 Å². The molecule has 2 heteroatoms. The number of piperazine rings is 1. The average Bonchev–Trinajstić information content (AvgIpc) is 2.80. The van der Waals surface area contributed by atoms with E-state index in [0.717, 1.165) is 26.2 Å². The van der Waals surface area contributed by atoms with Crippen molar-refractivity contribution in [1.82, 2.24) is 9.80 Å². The van der Waals surface area contributed by atoms with Gasteiger partial charge >= 0.3 is 0 Å². The van der Waals surface area contributed by atoms with Crippen LogP contribution in [0.25, 0.3) is 0 Å². The molecule has 1 fully saturated rings. The van der Waals surface area contributed by atoms with Gasteiger partial charge in [-0.05, 0) is 35.6 Å². The maximum atomic E-state index is 2.65. The summed E-state index contributed by atoms with van der Waals surface area (Å²) >= 11 is 0. The lowest BCUT2D eigenvalue weighted by Gasteiger charge is -2.40. The zero-order valence-corrected chi connectivity index (χ0v) is 17.5. The summed E-state index contributed by atoms with van der Waals surface area (Å²) in [5.41, 5.74) is 4.24. The molecule has 0 unspecified atom stereocenters. The molecule has 1 aliphatic heterocycles. The van der Waals surface area contributed by atoms with Gasteiger partial charge in [0.05, 0.1) is 6.04 Å². The van der Waals surface area contributed by atoms with Crippen molar-refractivity contribution >= 4 is 0 Å². The molecule has 0 bridgehead atoms. The molecule has 1 heterocycles. The number of rotatable bonds is 7. The number of hydrogen-bond donors (Lipinski definition) is 0. The molecule has 0 amide bonds. The van der Waals surface area contributed by atoms with Crippen molar-refractivity contribution in [2.45, 2.75) is 25.3 Å². The summed E-state index contributed by atoms with van der Waals surface area (Å²) in [4.78, 5) is 5.30. The van der Waals surface area contributed by atoms with Gasteiger partial charge in [0, 0.05) is 26.2 Å². The van der Waals surface area contributed by atoms with Gasteiger partial charge in [-0.2, -0.15) is 0 Å². The second kappa shape index (κ2) is 9.87. The first-order valence-electron chi connectivity index (χ1n) is 10.9. The van der Waals surface area contributed by atoms with Crippen molar-refractivity contribution in [2.75, 3.05) is 32.7 Å². The Morgan fingerprint density at radius 2 is 1.07 bits per heavy atom. The molecule has 3 aromatic carbocycles.